The highest BCUT2D eigenvalue weighted by Crippen LogP contribution is 2.12. The predicted octanol–water partition coefficient (Wildman–Crippen LogP) is 1.34. The van der Waals surface area contributed by atoms with Crippen LogP contribution in [0.2, 0.25) is 0 Å². The first-order valence-corrected chi connectivity index (χ1v) is 5.30. The molecule has 0 bridgehead atoms. The highest BCUT2D eigenvalue weighted by molar-refractivity contribution is 5.16. The van der Waals surface area contributed by atoms with Crippen LogP contribution in [0.15, 0.2) is 30.3 Å². The quantitative estimate of drug-likeness (QED) is 0.739. The van der Waals surface area contributed by atoms with E-state index in [-0.39, 0.29) is 6.10 Å². The van der Waals surface area contributed by atoms with E-state index in [0.717, 1.165) is 25.8 Å². The van der Waals surface area contributed by atoms with Gasteiger partial charge >= 0.3 is 0 Å². The van der Waals surface area contributed by atoms with Crippen molar-refractivity contribution in [1.82, 2.24) is 5.32 Å². The van der Waals surface area contributed by atoms with Crippen molar-refractivity contribution in [3.05, 3.63) is 35.9 Å². The fraction of sp³-hybridized carbons (Fsp3) is 0.500. The van der Waals surface area contributed by atoms with E-state index in [4.69, 9.17) is 0 Å². The van der Waals surface area contributed by atoms with Gasteiger partial charge in [0.2, 0.25) is 0 Å². The van der Waals surface area contributed by atoms with Crippen LogP contribution in [0, 0.1) is 0 Å². The van der Waals surface area contributed by atoms with Gasteiger partial charge in [-0.3, -0.25) is 0 Å². The molecule has 1 aromatic rings. The van der Waals surface area contributed by atoms with E-state index in [1.165, 1.54) is 5.56 Å². The van der Waals surface area contributed by atoms with Crippen molar-refractivity contribution in [1.29, 1.82) is 0 Å². The summed E-state index contributed by atoms with van der Waals surface area (Å²) < 4.78 is 0. The summed E-state index contributed by atoms with van der Waals surface area (Å²) in [6.07, 6.45) is 2.95. The second-order valence-corrected chi connectivity index (χ2v) is 4.03. The summed E-state index contributed by atoms with van der Waals surface area (Å²) in [7, 11) is 0. The highest BCUT2D eigenvalue weighted by Gasteiger charge is 2.18. The average molecular weight is 191 g/mol. The zero-order valence-corrected chi connectivity index (χ0v) is 8.32. The zero-order valence-electron chi connectivity index (χ0n) is 8.32. The summed E-state index contributed by atoms with van der Waals surface area (Å²) in [6.45, 7) is 0.748. The van der Waals surface area contributed by atoms with E-state index in [9.17, 15) is 5.11 Å². The predicted molar refractivity (Wildman–Crippen MR) is 57.2 cm³/mol. The van der Waals surface area contributed by atoms with Crippen LogP contribution in [0.5, 0.6) is 0 Å². The molecular weight excluding hydrogens is 174 g/mol. The van der Waals surface area contributed by atoms with E-state index in [1.54, 1.807) is 0 Å². The lowest BCUT2D eigenvalue weighted by Gasteiger charge is -2.27. The Morgan fingerprint density at radius 1 is 1.21 bits per heavy atom. The molecule has 2 heteroatoms. The fourth-order valence-electron chi connectivity index (χ4n) is 1.97. The number of benzene rings is 1. The SMILES string of the molecule is OC1CCC(Cc2ccccc2)NC1. The Hall–Kier alpha value is -0.860. The monoisotopic (exact) mass is 191 g/mol. The molecule has 76 valence electrons. The number of aliphatic hydroxyl groups is 1. The Balaban J connectivity index is 1.87. The van der Waals surface area contributed by atoms with Gasteiger partial charge in [-0.2, -0.15) is 0 Å². The molecule has 0 aromatic heterocycles. The van der Waals surface area contributed by atoms with Gasteiger partial charge in [0.1, 0.15) is 0 Å². The molecule has 1 aromatic carbocycles. The summed E-state index contributed by atoms with van der Waals surface area (Å²) in [4.78, 5) is 0. The van der Waals surface area contributed by atoms with Crippen molar-refractivity contribution in [2.45, 2.75) is 31.4 Å². The lowest BCUT2D eigenvalue weighted by Crippen LogP contribution is -2.42. The number of piperidine rings is 1. The molecule has 0 spiro atoms. The van der Waals surface area contributed by atoms with Crippen LogP contribution in [0.3, 0.4) is 0 Å². The van der Waals surface area contributed by atoms with Crippen LogP contribution in [0.25, 0.3) is 0 Å². The number of β-amino-alcohol motifs (C(OH)–C–C–N with tert-alkyl or cyclic N) is 1. The summed E-state index contributed by atoms with van der Waals surface area (Å²) in [5.74, 6) is 0. The Labute approximate surface area is 85.0 Å². The summed E-state index contributed by atoms with van der Waals surface area (Å²) >= 11 is 0. The Kier molecular flexibility index (Phi) is 3.17. The van der Waals surface area contributed by atoms with Crippen LogP contribution in [-0.4, -0.2) is 23.8 Å². The minimum atomic E-state index is -0.137. The summed E-state index contributed by atoms with van der Waals surface area (Å²) in [6, 6.07) is 11.1. The van der Waals surface area contributed by atoms with Gasteiger partial charge in [-0.15, -0.1) is 0 Å². The third kappa shape index (κ3) is 2.56. The van der Waals surface area contributed by atoms with Crippen molar-refractivity contribution in [3.8, 4) is 0 Å². The zero-order chi connectivity index (χ0) is 9.80. The molecule has 14 heavy (non-hydrogen) atoms. The number of rotatable bonds is 2. The van der Waals surface area contributed by atoms with Crippen LogP contribution in [0.1, 0.15) is 18.4 Å². The molecule has 2 atom stereocenters. The third-order valence-electron chi connectivity index (χ3n) is 2.82. The smallest absolute Gasteiger partial charge is 0.0665 e. The molecular formula is C12H17NO. The molecule has 0 aliphatic carbocycles. The van der Waals surface area contributed by atoms with Crippen molar-refractivity contribution in [2.75, 3.05) is 6.54 Å². The van der Waals surface area contributed by atoms with E-state index in [2.05, 4.69) is 29.6 Å². The largest absolute Gasteiger partial charge is 0.392 e. The van der Waals surface area contributed by atoms with Crippen molar-refractivity contribution < 1.29 is 5.11 Å². The standard InChI is InChI=1S/C12H17NO/c14-12-7-6-11(13-9-12)8-10-4-2-1-3-5-10/h1-5,11-14H,6-9H2. The fourth-order valence-corrected chi connectivity index (χ4v) is 1.97. The first-order chi connectivity index (χ1) is 6.84. The molecule has 2 unspecified atom stereocenters. The Morgan fingerprint density at radius 3 is 2.64 bits per heavy atom. The first-order valence-electron chi connectivity index (χ1n) is 5.30. The molecule has 0 saturated carbocycles. The molecule has 1 heterocycles. The molecule has 1 fully saturated rings. The molecule has 2 rings (SSSR count). The Morgan fingerprint density at radius 2 is 2.00 bits per heavy atom. The van der Waals surface area contributed by atoms with Crippen molar-refractivity contribution in [2.24, 2.45) is 0 Å². The van der Waals surface area contributed by atoms with Gasteiger partial charge in [-0.1, -0.05) is 30.3 Å². The van der Waals surface area contributed by atoms with Gasteiger partial charge in [-0.25, -0.2) is 0 Å². The third-order valence-corrected chi connectivity index (χ3v) is 2.82. The maximum Gasteiger partial charge on any atom is 0.0665 e. The van der Waals surface area contributed by atoms with E-state index >= 15 is 0 Å². The number of aliphatic hydroxyl groups excluding tert-OH is 1. The van der Waals surface area contributed by atoms with Crippen LogP contribution in [-0.2, 0) is 6.42 Å². The van der Waals surface area contributed by atoms with Crippen LogP contribution < -0.4 is 5.32 Å². The van der Waals surface area contributed by atoms with Crippen molar-refractivity contribution in [3.63, 3.8) is 0 Å². The molecule has 0 radical (unpaired) electrons. The highest BCUT2D eigenvalue weighted by atomic mass is 16.3. The van der Waals surface area contributed by atoms with E-state index in [1.807, 2.05) is 6.07 Å². The lowest BCUT2D eigenvalue weighted by atomic mass is 9.97. The minimum absolute atomic E-state index is 0.137. The second-order valence-electron chi connectivity index (χ2n) is 4.03. The van der Waals surface area contributed by atoms with Gasteiger partial charge in [0.05, 0.1) is 6.10 Å². The molecule has 1 aliphatic heterocycles. The number of hydrogen-bond donors (Lipinski definition) is 2. The normalized spacial score (nSPS) is 27.5. The molecule has 0 amide bonds. The van der Waals surface area contributed by atoms with Gasteiger partial charge in [0.15, 0.2) is 0 Å². The maximum absolute atomic E-state index is 9.33. The Bertz CT molecular complexity index is 265. The van der Waals surface area contributed by atoms with Gasteiger partial charge < -0.3 is 10.4 Å². The maximum atomic E-state index is 9.33. The minimum Gasteiger partial charge on any atom is -0.392 e. The first kappa shape index (κ1) is 9.69. The lowest BCUT2D eigenvalue weighted by molar-refractivity contribution is 0.126. The molecule has 1 aliphatic rings. The number of nitrogens with one attached hydrogen (secondary N) is 1. The average Bonchev–Trinajstić information content (AvgIpc) is 2.23. The van der Waals surface area contributed by atoms with Gasteiger partial charge in [-0.05, 0) is 24.8 Å². The van der Waals surface area contributed by atoms with Crippen LogP contribution >= 0.6 is 0 Å². The summed E-state index contributed by atoms with van der Waals surface area (Å²) in [5, 5.41) is 12.7. The van der Waals surface area contributed by atoms with Gasteiger partial charge in [0.25, 0.3) is 0 Å². The van der Waals surface area contributed by atoms with E-state index in [0.29, 0.717) is 6.04 Å². The van der Waals surface area contributed by atoms with Crippen LogP contribution in [0.4, 0.5) is 0 Å². The molecule has 2 N–H and O–H groups in total. The second kappa shape index (κ2) is 4.58. The summed E-state index contributed by atoms with van der Waals surface area (Å²) in [5.41, 5.74) is 1.38. The van der Waals surface area contributed by atoms with Crippen molar-refractivity contribution >= 4 is 0 Å². The molecule has 1 saturated heterocycles. The topological polar surface area (TPSA) is 32.3 Å². The van der Waals surface area contributed by atoms with Gasteiger partial charge in [0, 0.05) is 12.6 Å². The van der Waals surface area contributed by atoms with E-state index < -0.39 is 0 Å². The number of hydrogen-bond acceptors (Lipinski definition) is 2. The molecule has 2 nitrogen and oxygen atoms in total.